The highest BCUT2D eigenvalue weighted by Gasteiger charge is 2.35. The number of H-pyrrole nitrogens is 1. The molecule has 6 nitrogen and oxygen atoms in total. The second-order valence-corrected chi connectivity index (χ2v) is 7.80. The number of aliphatic hydroxyl groups excluding tert-OH is 1. The van der Waals surface area contributed by atoms with Gasteiger partial charge in [-0.15, -0.1) is 0 Å². The van der Waals surface area contributed by atoms with Crippen LogP contribution < -0.4 is 15.6 Å². The molecule has 1 atom stereocenters. The van der Waals surface area contributed by atoms with Crippen molar-refractivity contribution in [2.24, 2.45) is 0 Å². The number of aliphatic hydroxyl groups is 1. The predicted molar refractivity (Wildman–Crippen MR) is 111 cm³/mol. The molecule has 11 heteroatoms. The molecule has 1 aliphatic carbocycles. The Kier molecular flexibility index (Phi) is 5.89. The van der Waals surface area contributed by atoms with Gasteiger partial charge in [0.1, 0.15) is 17.3 Å². The first-order chi connectivity index (χ1) is 15.5. The van der Waals surface area contributed by atoms with E-state index in [1.165, 1.54) is 18.3 Å². The van der Waals surface area contributed by atoms with Gasteiger partial charge in [-0.1, -0.05) is 11.6 Å². The third-order valence-corrected chi connectivity index (χ3v) is 5.40. The van der Waals surface area contributed by atoms with Crippen molar-refractivity contribution in [1.82, 2.24) is 4.98 Å². The lowest BCUT2D eigenvalue weighted by Gasteiger charge is -2.17. The van der Waals surface area contributed by atoms with Crippen LogP contribution in [0.5, 0.6) is 11.5 Å². The Morgan fingerprint density at radius 2 is 1.85 bits per heavy atom. The number of pyridine rings is 1. The second kappa shape index (κ2) is 8.53. The third-order valence-electron chi connectivity index (χ3n) is 5.08. The molecule has 0 bridgehead atoms. The van der Waals surface area contributed by atoms with Crippen LogP contribution in [0.4, 0.5) is 23.2 Å². The Hall–Kier alpha value is -3.37. The lowest BCUT2D eigenvalue weighted by Crippen LogP contribution is -2.16. The van der Waals surface area contributed by atoms with Crippen LogP contribution in [0.3, 0.4) is 0 Å². The molecule has 4 rings (SSSR count). The van der Waals surface area contributed by atoms with E-state index in [0.29, 0.717) is 11.6 Å². The minimum Gasteiger partial charge on any atom is -0.456 e. The number of aromatic amines is 1. The van der Waals surface area contributed by atoms with E-state index in [-0.39, 0.29) is 35.4 Å². The fraction of sp³-hybridized carbons (Fsp3) is 0.182. The summed E-state index contributed by atoms with van der Waals surface area (Å²) in [5.41, 5.74) is -1.49. The second-order valence-electron chi connectivity index (χ2n) is 7.39. The quantitative estimate of drug-likeness (QED) is 0.470. The average Bonchev–Trinajstić information content (AvgIpc) is 3.12. The van der Waals surface area contributed by atoms with Gasteiger partial charge in [0.25, 0.3) is 5.91 Å². The van der Waals surface area contributed by atoms with E-state index in [1.807, 2.05) is 0 Å². The van der Waals surface area contributed by atoms with E-state index in [1.54, 1.807) is 0 Å². The van der Waals surface area contributed by atoms with Crippen molar-refractivity contribution in [3.63, 3.8) is 0 Å². The van der Waals surface area contributed by atoms with E-state index in [9.17, 15) is 32.3 Å². The summed E-state index contributed by atoms with van der Waals surface area (Å²) in [7, 11) is 0. The molecule has 1 unspecified atom stereocenters. The van der Waals surface area contributed by atoms with E-state index >= 15 is 0 Å². The molecule has 1 heterocycles. The van der Waals surface area contributed by atoms with Gasteiger partial charge in [0.05, 0.1) is 22.3 Å². The zero-order valence-corrected chi connectivity index (χ0v) is 17.4. The Morgan fingerprint density at radius 3 is 2.55 bits per heavy atom. The number of hydrogen-bond donors (Lipinski definition) is 3. The monoisotopic (exact) mass is 482 g/mol. The molecule has 3 aromatic rings. The van der Waals surface area contributed by atoms with E-state index in [4.69, 9.17) is 16.3 Å². The number of carbonyl (C=O) groups is 1. The number of alkyl halides is 3. The average molecular weight is 483 g/mol. The summed E-state index contributed by atoms with van der Waals surface area (Å²) >= 11 is 5.80. The molecule has 0 spiro atoms. The van der Waals surface area contributed by atoms with Crippen molar-refractivity contribution >= 4 is 23.2 Å². The summed E-state index contributed by atoms with van der Waals surface area (Å²) in [5.74, 6) is -1.94. The summed E-state index contributed by atoms with van der Waals surface area (Å²) < 4.78 is 60.1. The molecule has 1 aromatic heterocycles. The fourth-order valence-corrected chi connectivity index (χ4v) is 3.87. The molecule has 0 saturated carbocycles. The number of nitrogens with one attached hydrogen (secondary N) is 2. The molecule has 0 saturated heterocycles. The highest BCUT2D eigenvalue weighted by molar-refractivity contribution is 6.32. The number of carbonyl (C=O) groups excluding carboxylic acids is 1. The van der Waals surface area contributed by atoms with Gasteiger partial charge in [-0.25, -0.2) is 4.39 Å². The molecule has 0 fully saturated rings. The van der Waals surface area contributed by atoms with Crippen molar-refractivity contribution < 1.29 is 32.2 Å². The van der Waals surface area contributed by atoms with E-state index in [2.05, 4.69) is 10.3 Å². The van der Waals surface area contributed by atoms with Crippen molar-refractivity contribution in [1.29, 1.82) is 0 Å². The summed E-state index contributed by atoms with van der Waals surface area (Å²) in [6, 6.07) is 6.13. The van der Waals surface area contributed by atoms with Crippen LogP contribution in [0.25, 0.3) is 0 Å². The lowest BCUT2D eigenvalue weighted by atomic mass is 10.1. The first-order valence-corrected chi connectivity index (χ1v) is 9.97. The lowest BCUT2D eigenvalue weighted by molar-refractivity contribution is -0.137. The van der Waals surface area contributed by atoms with Gasteiger partial charge >= 0.3 is 6.18 Å². The highest BCUT2D eigenvalue weighted by Crippen LogP contribution is 2.42. The fourth-order valence-electron chi connectivity index (χ4n) is 3.60. The minimum absolute atomic E-state index is 0.00334. The number of halogens is 5. The smallest absolute Gasteiger partial charge is 0.417 e. The highest BCUT2D eigenvalue weighted by atomic mass is 35.5. The molecule has 1 amide bonds. The first-order valence-electron chi connectivity index (χ1n) is 9.60. The van der Waals surface area contributed by atoms with Crippen LogP contribution in [0.15, 0.2) is 47.4 Å². The Balaban J connectivity index is 1.79. The summed E-state index contributed by atoms with van der Waals surface area (Å²) in [4.78, 5) is 26.7. The third kappa shape index (κ3) is 4.71. The van der Waals surface area contributed by atoms with Crippen LogP contribution in [0.1, 0.15) is 27.0 Å². The maximum Gasteiger partial charge on any atom is 0.417 e. The predicted octanol–water partition coefficient (Wildman–Crippen LogP) is 4.69. The zero-order chi connectivity index (χ0) is 23.9. The largest absolute Gasteiger partial charge is 0.456 e. The summed E-state index contributed by atoms with van der Waals surface area (Å²) in [6.45, 7) is 0. The Morgan fingerprint density at radius 1 is 1.12 bits per heavy atom. The number of amides is 1. The zero-order valence-electron chi connectivity index (χ0n) is 16.6. The van der Waals surface area contributed by atoms with Crippen LogP contribution in [0, 0.1) is 5.82 Å². The van der Waals surface area contributed by atoms with Crippen molar-refractivity contribution in [2.45, 2.75) is 25.1 Å². The summed E-state index contributed by atoms with van der Waals surface area (Å²) in [5, 5.41) is 11.6. The van der Waals surface area contributed by atoms with Crippen LogP contribution >= 0.6 is 11.6 Å². The SMILES string of the molecule is O=C(Nc1cc[nH]c(=O)c1)c1cc(Cl)c(C(F)(F)F)cc1Oc1ccc(F)c2c1CC(O)C2. The molecule has 2 aromatic carbocycles. The topological polar surface area (TPSA) is 91.4 Å². The number of fused-ring (bicyclic) bond motifs is 1. The standard InChI is InChI=1S/C22H15ClF4N2O4/c23-16-8-14(21(32)29-10-3-4-28-20(31)5-10)19(9-15(16)22(25,26)27)33-18-2-1-17(24)12-6-11(30)7-13(12)18/h1-5,8-9,11,30H,6-7H2,(H2,28,29,31,32). The summed E-state index contributed by atoms with van der Waals surface area (Å²) in [6.07, 6.45) is -4.35. The Bertz CT molecular complexity index is 1310. The van der Waals surface area contributed by atoms with Crippen LogP contribution in [-0.4, -0.2) is 22.1 Å². The maximum absolute atomic E-state index is 14.1. The van der Waals surface area contributed by atoms with Gasteiger partial charge in [-0.05, 0) is 35.9 Å². The number of benzene rings is 2. The van der Waals surface area contributed by atoms with Gasteiger partial charge in [-0.2, -0.15) is 13.2 Å². The first kappa shape index (κ1) is 22.8. The van der Waals surface area contributed by atoms with Crippen LogP contribution in [0.2, 0.25) is 5.02 Å². The van der Waals surface area contributed by atoms with E-state index in [0.717, 1.165) is 18.2 Å². The van der Waals surface area contributed by atoms with Gasteiger partial charge in [0.2, 0.25) is 5.56 Å². The molecular formula is C22H15ClF4N2O4. The van der Waals surface area contributed by atoms with Gasteiger partial charge < -0.3 is 20.1 Å². The molecule has 1 aliphatic rings. The number of ether oxygens (including phenoxy) is 1. The van der Waals surface area contributed by atoms with Gasteiger partial charge in [-0.3, -0.25) is 9.59 Å². The molecular weight excluding hydrogens is 468 g/mol. The van der Waals surface area contributed by atoms with Crippen molar-refractivity contribution in [3.05, 3.63) is 86.0 Å². The maximum atomic E-state index is 14.1. The molecule has 172 valence electrons. The number of anilines is 1. The minimum atomic E-state index is -4.84. The molecule has 0 aliphatic heterocycles. The molecule has 3 N–H and O–H groups in total. The molecule has 0 radical (unpaired) electrons. The van der Waals surface area contributed by atoms with E-state index < -0.39 is 45.9 Å². The van der Waals surface area contributed by atoms with Gasteiger partial charge in [0.15, 0.2) is 0 Å². The van der Waals surface area contributed by atoms with Crippen LogP contribution in [-0.2, 0) is 19.0 Å². The number of hydrogen-bond acceptors (Lipinski definition) is 4. The van der Waals surface area contributed by atoms with Crippen molar-refractivity contribution in [2.75, 3.05) is 5.32 Å². The van der Waals surface area contributed by atoms with Crippen molar-refractivity contribution in [3.8, 4) is 11.5 Å². The molecule has 33 heavy (non-hydrogen) atoms. The number of rotatable bonds is 4. The van der Waals surface area contributed by atoms with Gasteiger partial charge in [0, 0.05) is 36.4 Å². The number of aromatic nitrogens is 1. The normalized spacial score (nSPS) is 15.3. The Labute approximate surface area is 188 Å².